The first-order valence-electron chi connectivity index (χ1n) is 12.5. The molecular weight excluding hydrogens is 462 g/mol. The van der Waals surface area contributed by atoms with Gasteiger partial charge >= 0.3 is 0 Å². The van der Waals surface area contributed by atoms with Gasteiger partial charge in [0.25, 0.3) is 5.91 Å². The van der Waals surface area contributed by atoms with Crippen LogP contribution in [0.5, 0.6) is 5.75 Å². The molecule has 1 aliphatic rings. The van der Waals surface area contributed by atoms with E-state index in [-0.39, 0.29) is 5.91 Å². The third kappa shape index (κ3) is 3.96. The molecule has 1 atom stereocenters. The molecule has 37 heavy (non-hydrogen) atoms. The van der Waals surface area contributed by atoms with Crippen molar-refractivity contribution in [1.29, 1.82) is 0 Å². The summed E-state index contributed by atoms with van der Waals surface area (Å²) >= 11 is 0. The zero-order valence-corrected chi connectivity index (χ0v) is 21.2. The van der Waals surface area contributed by atoms with E-state index in [2.05, 4.69) is 63.4 Å². The second-order valence-electron chi connectivity index (χ2n) is 9.82. The number of fused-ring (bicyclic) bond motifs is 3. The van der Waals surface area contributed by atoms with Crippen LogP contribution in [0.15, 0.2) is 79.1 Å². The Morgan fingerprint density at radius 1 is 1.03 bits per heavy atom. The van der Waals surface area contributed by atoms with E-state index in [1.807, 2.05) is 47.9 Å². The Balaban J connectivity index is 1.39. The van der Waals surface area contributed by atoms with Crippen LogP contribution >= 0.6 is 0 Å². The molecule has 3 aromatic carbocycles. The predicted octanol–water partition coefficient (Wildman–Crippen LogP) is 5.12. The number of ether oxygens (including phenoxy) is 1. The van der Waals surface area contributed by atoms with E-state index >= 15 is 0 Å². The largest absolute Gasteiger partial charge is 0.496 e. The number of hydrogen-bond donors (Lipinski definition) is 1. The zero-order chi connectivity index (χ0) is 25.6. The molecule has 6 rings (SSSR count). The van der Waals surface area contributed by atoms with Gasteiger partial charge in [0.2, 0.25) is 0 Å². The van der Waals surface area contributed by atoms with Crippen molar-refractivity contribution >= 4 is 16.8 Å². The molecule has 7 nitrogen and oxygen atoms in total. The maximum Gasteiger partial charge on any atom is 0.255 e. The number of aryl methyl sites for hydroxylation is 3. The maximum atomic E-state index is 13.9. The minimum absolute atomic E-state index is 0.163. The van der Waals surface area contributed by atoms with Crippen LogP contribution in [-0.2, 0) is 18.5 Å². The van der Waals surface area contributed by atoms with E-state index < -0.39 is 5.54 Å². The fourth-order valence-corrected chi connectivity index (χ4v) is 5.55. The highest BCUT2D eigenvalue weighted by atomic mass is 16.5. The highest BCUT2D eigenvalue weighted by Crippen LogP contribution is 2.37. The molecule has 0 saturated heterocycles. The van der Waals surface area contributed by atoms with E-state index in [1.165, 1.54) is 22.2 Å². The van der Waals surface area contributed by atoms with Crippen LogP contribution in [0.4, 0.5) is 0 Å². The summed E-state index contributed by atoms with van der Waals surface area (Å²) in [6.45, 7) is 4.66. The van der Waals surface area contributed by atoms with Crippen molar-refractivity contribution in [3.8, 4) is 11.4 Å². The smallest absolute Gasteiger partial charge is 0.255 e. The van der Waals surface area contributed by atoms with Crippen LogP contribution in [0.3, 0.4) is 0 Å². The van der Waals surface area contributed by atoms with E-state index in [0.29, 0.717) is 17.9 Å². The second kappa shape index (κ2) is 8.92. The van der Waals surface area contributed by atoms with Crippen LogP contribution in [-0.4, -0.2) is 32.3 Å². The predicted molar refractivity (Wildman–Crippen MR) is 143 cm³/mol. The molecule has 2 aromatic heterocycles. The SMILES string of the molecule is COc1cc(-n2cnnc2C)ccc1C(=O)N[C@]1(c2ccccc2)CCc2cc3cc(C)ccc3n2C1. The molecule has 0 unspecified atom stereocenters. The molecule has 5 aromatic rings. The summed E-state index contributed by atoms with van der Waals surface area (Å²) in [6.07, 6.45) is 3.32. The fourth-order valence-electron chi connectivity index (χ4n) is 5.55. The molecule has 0 fully saturated rings. The molecular formula is C30H29N5O2. The highest BCUT2D eigenvalue weighted by molar-refractivity contribution is 5.98. The fraction of sp³-hybridized carbons (Fsp3) is 0.233. The number of methoxy groups -OCH3 is 1. The zero-order valence-electron chi connectivity index (χ0n) is 21.2. The van der Waals surface area contributed by atoms with Gasteiger partial charge in [-0.1, -0.05) is 42.0 Å². The molecule has 0 aliphatic carbocycles. The Hall–Kier alpha value is -4.39. The number of nitrogens with zero attached hydrogens (tertiary/aromatic N) is 4. The average Bonchev–Trinajstić information content (AvgIpc) is 3.51. The quantitative estimate of drug-likeness (QED) is 0.370. The minimum Gasteiger partial charge on any atom is -0.496 e. The van der Waals surface area contributed by atoms with Gasteiger partial charge in [-0.15, -0.1) is 10.2 Å². The van der Waals surface area contributed by atoms with Crippen LogP contribution in [0, 0.1) is 13.8 Å². The molecule has 0 saturated carbocycles. The minimum atomic E-state index is -0.559. The Kier molecular flexibility index (Phi) is 5.56. The number of aromatic nitrogens is 4. The molecule has 1 N–H and O–H groups in total. The van der Waals surface area contributed by atoms with Gasteiger partial charge in [0, 0.05) is 22.7 Å². The first kappa shape index (κ1) is 23.0. The Morgan fingerprint density at radius 2 is 1.86 bits per heavy atom. The Bertz CT molecular complexity index is 1620. The topological polar surface area (TPSA) is 74.0 Å². The van der Waals surface area contributed by atoms with Crippen molar-refractivity contribution in [2.24, 2.45) is 0 Å². The number of carbonyl (C=O) groups excluding carboxylic acids is 1. The molecule has 0 bridgehead atoms. The van der Waals surface area contributed by atoms with Gasteiger partial charge in [-0.05, 0) is 62.6 Å². The number of benzene rings is 3. The summed E-state index contributed by atoms with van der Waals surface area (Å²) in [6, 6.07) is 24.7. The molecule has 186 valence electrons. The highest BCUT2D eigenvalue weighted by Gasteiger charge is 2.39. The first-order valence-corrected chi connectivity index (χ1v) is 12.5. The number of amides is 1. The third-order valence-electron chi connectivity index (χ3n) is 7.48. The van der Waals surface area contributed by atoms with E-state index in [1.54, 1.807) is 13.4 Å². The van der Waals surface area contributed by atoms with Crippen molar-refractivity contribution < 1.29 is 9.53 Å². The van der Waals surface area contributed by atoms with Gasteiger partial charge in [0.15, 0.2) is 0 Å². The van der Waals surface area contributed by atoms with Crippen molar-refractivity contribution in [2.45, 2.75) is 38.8 Å². The number of nitrogens with one attached hydrogen (secondary N) is 1. The van der Waals surface area contributed by atoms with Crippen LogP contribution in [0.1, 0.15) is 39.4 Å². The lowest BCUT2D eigenvalue weighted by molar-refractivity contribution is 0.0865. The van der Waals surface area contributed by atoms with Crippen LogP contribution in [0.25, 0.3) is 16.6 Å². The molecule has 1 aliphatic heterocycles. The summed E-state index contributed by atoms with van der Waals surface area (Å²) in [7, 11) is 1.59. The second-order valence-corrected chi connectivity index (χ2v) is 9.82. The summed E-state index contributed by atoms with van der Waals surface area (Å²) in [4.78, 5) is 13.9. The van der Waals surface area contributed by atoms with Crippen LogP contribution < -0.4 is 10.1 Å². The van der Waals surface area contributed by atoms with E-state index in [0.717, 1.165) is 29.9 Å². The van der Waals surface area contributed by atoms with Crippen LogP contribution in [0.2, 0.25) is 0 Å². The molecule has 1 amide bonds. The lowest BCUT2D eigenvalue weighted by Crippen LogP contribution is -2.51. The summed E-state index contributed by atoms with van der Waals surface area (Å²) in [5.74, 6) is 1.10. The summed E-state index contributed by atoms with van der Waals surface area (Å²) in [5.41, 5.74) is 5.61. The Labute approximate surface area is 215 Å². The average molecular weight is 492 g/mol. The lowest BCUT2D eigenvalue weighted by Gasteiger charge is -2.40. The number of rotatable bonds is 5. The van der Waals surface area contributed by atoms with Gasteiger partial charge in [0.1, 0.15) is 17.9 Å². The maximum absolute atomic E-state index is 13.9. The molecule has 7 heteroatoms. The summed E-state index contributed by atoms with van der Waals surface area (Å²) in [5, 5.41) is 12.7. The third-order valence-corrected chi connectivity index (χ3v) is 7.48. The monoisotopic (exact) mass is 491 g/mol. The number of carbonyl (C=O) groups is 1. The standard InChI is InChI=1S/C30H29N5O2/c1-20-9-12-27-22(15-20)16-25-13-14-30(18-34(25)27,23-7-5-4-6-8-23)32-29(36)26-11-10-24(17-28(26)37-3)35-19-31-33-21(35)2/h4-12,15-17,19H,13-14,18H2,1-3H3,(H,32,36)/t30-/m1/s1. The van der Waals surface area contributed by atoms with E-state index in [4.69, 9.17) is 4.74 Å². The van der Waals surface area contributed by atoms with E-state index in [9.17, 15) is 4.79 Å². The van der Waals surface area contributed by atoms with Gasteiger partial charge < -0.3 is 14.6 Å². The molecule has 0 radical (unpaired) electrons. The van der Waals surface area contributed by atoms with Gasteiger partial charge in [-0.2, -0.15) is 0 Å². The van der Waals surface area contributed by atoms with Gasteiger partial charge in [-0.3, -0.25) is 9.36 Å². The van der Waals surface area contributed by atoms with Crippen molar-refractivity contribution in [3.05, 3.63) is 107 Å². The van der Waals surface area contributed by atoms with Gasteiger partial charge in [-0.25, -0.2) is 0 Å². The summed E-state index contributed by atoms with van der Waals surface area (Å²) < 4.78 is 9.89. The normalized spacial score (nSPS) is 16.9. The van der Waals surface area contributed by atoms with Crippen molar-refractivity contribution in [1.82, 2.24) is 24.6 Å². The van der Waals surface area contributed by atoms with Crippen molar-refractivity contribution in [2.75, 3.05) is 7.11 Å². The Morgan fingerprint density at radius 3 is 2.62 bits per heavy atom. The molecule has 3 heterocycles. The molecule has 0 spiro atoms. The van der Waals surface area contributed by atoms with Crippen molar-refractivity contribution in [3.63, 3.8) is 0 Å². The lowest BCUT2D eigenvalue weighted by atomic mass is 9.82. The first-order chi connectivity index (χ1) is 18.0. The van der Waals surface area contributed by atoms with Gasteiger partial charge in [0.05, 0.1) is 30.4 Å². The number of hydrogen-bond acceptors (Lipinski definition) is 4.